The van der Waals surface area contributed by atoms with E-state index in [0.717, 1.165) is 4.90 Å². The van der Waals surface area contributed by atoms with Gasteiger partial charge in [0.25, 0.3) is 5.97 Å². The molecule has 0 aliphatic carbocycles. The number of carbonyl (C=O) groups is 2. The van der Waals surface area contributed by atoms with Crippen molar-refractivity contribution < 1.29 is 19.3 Å². The number of nitrogens with zero attached hydrogens (tertiary/aromatic N) is 1. The summed E-state index contributed by atoms with van der Waals surface area (Å²) in [6.07, 6.45) is 1.28. The van der Waals surface area contributed by atoms with Gasteiger partial charge in [0, 0.05) is 30.5 Å². The number of aromatic nitrogens is 1. The lowest BCUT2D eigenvalue weighted by molar-refractivity contribution is -0.137. The van der Waals surface area contributed by atoms with Crippen molar-refractivity contribution in [3.05, 3.63) is 30.0 Å². The molecule has 6 nitrogen and oxygen atoms in total. The van der Waals surface area contributed by atoms with E-state index in [2.05, 4.69) is 4.98 Å². The van der Waals surface area contributed by atoms with Gasteiger partial charge in [0.15, 0.2) is 0 Å². The third-order valence-corrected chi connectivity index (χ3v) is 5.43. The van der Waals surface area contributed by atoms with Crippen LogP contribution in [0.25, 0.3) is 10.9 Å². The van der Waals surface area contributed by atoms with Crippen molar-refractivity contribution in [3.63, 3.8) is 0 Å². The zero-order valence-corrected chi connectivity index (χ0v) is 17.3. The van der Waals surface area contributed by atoms with E-state index in [4.69, 9.17) is 72.5 Å². The lowest BCUT2D eigenvalue weighted by Crippen LogP contribution is -2.77. The first-order valence-electron chi connectivity index (χ1n) is 9.78. The van der Waals surface area contributed by atoms with Crippen LogP contribution in [0.4, 0.5) is 0 Å². The summed E-state index contributed by atoms with van der Waals surface area (Å²) in [5.41, 5.74) is 1.65. The van der Waals surface area contributed by atoms with E-state index in [1.807, 2.05) is 0 Å². The van der Waals surface area contributed by atoms with Gasteiger partial charge in [-0.25, -0.2) is 0 Å². The number of carbonyl (C=O) groups excluding carboxylic acids is 1. The van der Waals surface area contributed by atoms with Gasteiger partial charge in [-0.15, -0.1) is 0 Å². The van der Waals surface area contributed by atoms with E-state index < -0.39 is 40.5 Å². The van der Waals surface area contributed by atoms with Crippen molar-refractivity contribution in [1.29, 1.82) is 0 Å². The Hall–Kier alpha value is -1.76. The Morgan fingerprint density at radius 1 is 1.12 bits per heavy atom. The topological polar surface area (TPSA) is 82.6 Å². The molecule has 0 amide bonds. The van der Waals surface area contributed by atoms with Gasteiger partial charge in [-0.2, -0.15) is 0 Å². The smallest absolute Gasteiger partial charge is 0.412 e. The SMILES string of the molecule is [B]C1([B])c2c[nH]c3cccc(c23)B(OC(=O)CCCC(=O)O)C1N(C([B])([B])[B])C([B])([B])[B]. The second kappa shape index (κ2) is 8.55. The van der Waals surface area contributed by atoms with Crippen LogP contribution in [0.2, 0.25) is 0 Å². The Labute approximate surface area is 198 Å². The number of hydrogen-bond acceptors (Lipinski definition) is 4. The minimum atomic E-state index is -2.22. The Bertz CT molecular complexity index is 1020. The predicted octanol–water partition coefficient (Wildman–Crippen LogP) is -2.89. The summed E-state index contributed by atoms with van der Waals surface area (Å²) in [6, 6.07) is 5.22. The van der Waals surface area contributed by atoms with Crippen LogP contribution in [0.3, 0.4) is 0 Å². The molecule has 0 bridgehead atoms. The lowest BCUT2D eigenvalue weighted by Gasteiger charge is -2.59. The third-order valence-electron chi connectivity index (χ3n) is 5.43. The maximum absolute atomic E-state index is 12.6. The van der Waals surface area contributed by atoms with Gasteiger partial charge >= 0.3 is 12.9 Å². The van der Waals surface area contributed by atoms with Crippen LogP contribution in [-0.4, -0.2) is 113 Å². The number of hydrogen-bond donors (Lipinski definition) is 2. The second-order valence-corrected chi connectivity index (χ2v) is 8.15. The molecule has 16 radical (unpaired) electrons. The second-order valence-electron chi connectivity index (χ2n) is 8.15. The maximum atomic E-state index is 12.6. The van der Waals surface area contributed by atoms with E-state index in [9.17, 15) is 9.59 Å². The first kappa shape index (κ1) is 24.9. The van der Waals surface area contributed by atoms with E-state index in [-0.39, 0.29) is 19.3 Å². The molecule has 2 N–H and O–H groups in total. The molecule has 1 aliphatic heterocycles. The number of aliphatic carboxylic acids is 1. The van der Waals surface area contributed by atoms with E-state index in [1.54, 1.807) is 24.4 Å². The molecule has 32 heavy (non-hydrogen) atoms. The van der Waals surface area contributed by atoms with Crippen molar-refractivity contribution in [2.75, 3.05) is 0 Å². The van der Waals surface area contributed by atoms with Gasteiger partial charge in [-0.05, 0) is 28.9 Å². The standard InChI is InChI=1S/C17H13B9N2O4/c18-15(19)8-7-27-10-4-1-3-9(13(8)10)26(32-12(31)6-2-5-11(29)30)14(15)28(16(20,21)22)17(23,24)25/h1,3-4,7,14,27H,2,5-6H2,(H,29,30). The highest BCUT2D eigenvalue weighted by Crippen LogP contribution is 2.39. The molecule has 1 unspecified atom stereocenters. The Morgan fingerprint density at radius 3 is 2.31 bits per heavy atom. The van der Waals surface area contributed by atoms with Crippen LogP contribution >= 0.6 is 0 Å². The molecule has 142 valence electrons. The summed E-state index contributed by atoms with van der Waals surface area (Å²) < 4.78 is 5.73. The lowest BCUT2D eigenvalue weighted by atomic mass is 9.28. The molecule has 2 heterocycles. The molecule has 1 aromatic carbocycles. The van der Waals surface area contributed by atoms with Gasteiger partial charge in [-0.1, -0.05) is 27.8 Å². The summed E-state index contributed by atoms with van der Waals surface area (Å²) >= 11 is 0. The third kappa shape index (κ3) is 4.64. The number of rotatable bonds is 8. The highest BCUT2D eigenvalue weighted by atomic mass is 16.5. The van der Waals surface area contributed by atoms with Crippen molar-refractivity contribution in [2.24, 2.45) is 0 Å². The van der Waals surface area contributed by atoms with Crippen LogP contribution in [0, 0.1) is 0 Å². The van der Waals surface area contributed by atoms with Gasteiger partial charge < -0.3 is 19.6 Å². The average molecular weight is 407 g/mol. The van der Waals surface area contributed by atoms with Crippen molar-refractivity contribution in [2.45, 2.75) is 40.9 Å². The minimum absolute atomic E-state index is 0.0640. The summed E-state index contributed by atoms with van der Waals surface area (Å²) in [7, 11) is 48.7. The van der Waals surface area contributed by atoms with Crippen molar-refractivity contribution in [1.82, 2.24) is 9.88 Å². The number of H-pyrrole nitrogens is 1. The molecule has 1 aromatic heterocycles. The van der Waals surface area contributed by atoms with Gasteiger partial charge in [-0.3, -0.25) is 9.59 Å². The quantitative estimate of drug-likeness (QED) is 0.460. The fraction of sp³-hybridized carbons (Fsp3) is 0.412. The first-order chi connectivity index (χ1) is 14.7. The van der Waals surface area contributed by atoms with Crippen LogP contribution in [0.5, 0.6) is 0 Å². The summed E-state index contributed by atoms with van der Waals surface area (Å²) in [5, 5.41) is 3.22. The molecule has 1 aliphatic rings. The normalized spacial score (nSPS) is 18.0. The Balaban J connectivity index is 2.14. The maximum Gasteiger partial charge on any atom is 0.412 e. The molecule has 0 saturated carbocycles. The Morgan fingerprint density at radius 2 is 1.75 bits per heavy atom. The Kier molecular flexibility index (Phi) is 6.65. The van der Waals surface area contributed by atoms with Gasteiger partial charge in [0.2, 0.25) is 0 Å². The fourth-order valence-corrected chi connectivity index (χ4v) is 4.25. The number of carboxylic acids is 1. The first-order valence-corrected chi connectivity index (χ1v) is 9.78. The fourth-order valence-electron chi connectivity index (χ4n) is 4.25. The minimum Gasteiger partial charge on any atom is -0.529 e. The molecule has 3 rings (SSSR count). The summed E-state index contributed by atoms with van der Waals surface area (Å²) in [5.74, 6) is -3.05. The van der Waals surface area contributed by atoms with Crippen LogP contribution in [0.15, 0.2) is 24.4 Å². The number of carboxylic acid groups (broad SMARTS) is 1. The van der Waals surface area contributed by atoms with Crippen molar-refractivity contribution in [3.8, 4) is 0 Å². The monoisotopic (exact) mass is 408 g/mol. The van der Waals surface area contributed by atoms with Crippen LogP contribution < -0.4 is 5.46 Å². The molecular formula is C17H13B9N2O4. The predicted molar refractivity (Wildman–Crippen MR) is 130 cm³/mol. The molecule has 0 fully saturated rings. The van der Waals surface area contributed by atoms with Gasteiger partial charge in [0.1, 0.15) is 0 Å². The van der Waals surface area contributed by atoms with E-state index >= 15 is 0 Å². The van der Waals surface area contributed by atoms with Crippen LogP contribution in [0.1, 0.15) is 24.8 Å². The number of nitrogens with one attached hydrogen (secondary N) is 1. The van der Waals surface area contributed by atoms with Gasteiger partial charge in [0.05, 0.1) is 62.8 Å². The van der Waals surface area contributed by atoms with E-state index in [0.29, 0.717) is 21.9 Å². The zero-order chi connectivity index (χ0) is 24.1. The highest BCUT2D eigenvalue weighted by molar-refractivity contribution is 6.77. The molecule has 0 spiro atoms. The highest BCUT2D eigenvalue weighted by Gasteiger charge is 2.54. The molecule has 15 heteroatoms. The largest absolute Gasteiger partial charge is 0.529 e. The molecule has 0 saturated heterocycles. The van der Waals surface area contributed by atoms with Crippen LogP contribution in [-0.2, 0) is 19.5 Å². The average Bonchev–Trinajstić information content (AvgIpc) is 3.06. The molecule has 1 atom stereocenters. The van der Waals surface area contributed by atoms with Crippen molar-refractivity contribution >= 4 is 98.0 Å². The molecule has 2 aromatic rings. The number of benzene rings is 1. The van der Waals surface area contributed by atoms with E-state index in [1.165, 1.54) is 0 Å². The summed E-state index contributed by atoms with van der Waals surface area (Å²) in [6.45, 7) is -1.20. The summed E-state index contributed by atoms with van der Waals surface area (Å²) in [4.78, 5) is 27.4. The number of aromatic amines is 1. The molecular weight excluding hydrogens is 394 g/mol. The zero-order valence-electron chi connectivity index (χ0n) is 17.3.